The summed E-state index contributed by atoms with van der Waals surface area (Å²) in [6, 6.07) is 4.29. The highest BCUT2D eigenvalue weighted by Gasteiger charge is 1.86. The standard InChI is InChI=1S/C10H14S/c1-2-3-4-5-7-10-8-6-9-11-10/h4-6,8-9H,2-3,7H2,1H3. The number of allylic oxidation sites excluding steroid dienone is 2. The molecule has 1 heterocycles. The van der Waals surface area contributed by atoms with Crippen LogP contribution in [0.15, 0.2) is 29.7 Å². The number of rotatable bonds is 4. The first-order valence-corrected chi connectivity index (χ1v) is 4.99. The lowest BCUT2D eigenvalue weighted by Gasteiger charge is -1.86. The number of hydrogen-bond acceptors (Lipinski definition) is 1. The predicted molar refractivity (Wildman–Crippen MR) is 52.1 cm³/mol. The third-order valence-electron chi connectivity index (χ3n) is 1.52. The lowest BCUT2D eigenvalue weighted by Crippen LogP contribution is -1.71. The summed E-state index contributed by atoms with van der Waals surface area (Å²) in [5.41, 5.74) is 0. The lowest BCUT2D eigenvalue weighted by molar-refractivity contribution is 0.954. The monoisotopic (exact) mass is 166 g/mol. The Morgan fingerprint density at radius 1 is 1.45 bits per heavy atom. The Bertz CT molecular complexity index is 197. The molecule has 0 aliphatic carbocycles. The Balaban J connectivity index is 2.23. The van der Waals surface area contributed by atoms with Gasteiger partial charge in [-0.3, -0.25) is 0 Å². The van der Waals surface area contributed by atoms with E-state index in [0.717, 1.165) is 6.42 Å². The quantitative estimate of drug-likeness (QED) is 0.599. The summed E-state index contributed by atoms with van der Waals surface area (Å²) in [7, 11) is 0. The van der Waals surface area contributed by atoms with Crippen LogP contribution in [-0.4, -0.2) is 0 Å². The molecule has 11 heavy (non-hydrogen) atoms. The summed E-state index contributed by atoms with van der Waals surface area (Å²) in [6.45, 7) is 2.20. The first kappa shape index (κ1) is 8.54. The van der Waals surface area contributed by atoms with E-state index in [9.17, 15) is 0 Å². The molecule has 0 radical (unpaired) electrons. The average Bonchev–Trinajstić information content (AvgIpc) is 2.50. The van der Waals surface area contributed by atoms with E-state index in [0.29, 0.717) is 0 Å². The first-order valence-electron chi connectivity index (χ1n) is 4.11. The molecule has 0 nitrogen and oxygen atoms in total. The van der Waals surface area contributed by atoms with Crippen molar-refractivity contribution in [1.29, 1.82) is 0 Å². The molecule has 0 atom stereocenters. The highest BCUT2D eigenvalue weighted by atomic mass is 32.1. The van der Waals surface area contributed by atoms with Crippen LogP contribution >= 0.6 is 11.3 Å². The molecule has 0 unspecified atom stereocenters. The SMILES string of the molecule is CCCC=CCc1cccs1. The van der Waals surface area contributed by atoms with Gasteiger partial charge in [-0.1, -0.05) is 31.6 Å². The van der Waals surface area contributed by atoms with Gasteiger partial charge in [-0.05, 0) is 24.3 Å². The molecule has 0 saturated heterocycles. The molecule has 0 fully saturated rings. The number of hydrogen-bond donors (Lipinski definition) is 0. The molecule has 1 rings (SSSR count). The van der Waals surface area contributed by atoms with Crippen molar-refractivity contribution in [1.82, 2.24) is 0 Å². The van der Waals surface area contributed by atoms with Gasteiger partial charge in [0, 0.05) is 4.88 Å². The summed E-state index contributed by atoms with van der Waals surface area (Å²) in [5.74, 6) is 0. The predicted octanol–water partition coefficient (Wildman–Crippen LogP) is 3.65. The normalized spacial score (nSPS) is 11.0. The third-order valence-corrected chi connectivity index (χ3v) is 2.42. The zero-order valence-corrected chi connectivity index (χ0v) is 7.73. The lowest BCUT2D eigenvalue weighted by atomic mass is 10.2. The molecule has 1 heteroatoms. The average molecular weight is 166 g/mol. The molecule has 60 valence electrons. The topological polar surface area (TPSA) is 0 Å². The molecule has 1 aromatic heterocycles. The van der Waals surface area contributed by atoms with Gasteiger partial charge in [0.1, 0.15) is 0 Å². The van der Waals surface area contributed by atoms with Crippen molar-refractivity contribution in [3.05, 3.63) is 34.5 Å². The minimum Gasteiger partial charge on any atom is -0.149 e. The van der Waals surface area contributed by atoms with Gasteiger partial charge in [0.05, 0.1) is 0 Å². The highest BCUT2D eigenvalue weighted by molar-refractivity contribution is 7.09. The van der Waals surface area contributed by atoms with Crippen molar-refractivity contribution in [2.24, 2.45) is 0 Å². The zero-order valence-electron chi connectivity index (χ0n) is 6.92. The summed E-state index contributed by atoms with van der Waals surface area (Å²) in [6.07, 6.45) is 8.10. The number of unbranched alkanes of at least 4 members (excludes halogenated alkanes) is 1. The van der Waals surface area contributed by atoms with Crippen LogP contribution in [0.2, 0.25) is 0 Å². The highest BCUT2D eigenvalue weighted by Crippen LogP contribution is 2.09. The molecule has 0 aliphatic rings. The fraction of sp³-hybridized carbons (Fsp3) is 0.400. The van der Waals surface area contributed by atoms with Crippen LogP contribution < -0.4 is 0 Å². The van der Waals surface area contributed by atoms with Crippen molar-refractivity contribution in [2.75, 3.05) is 0 Å². The molecule has 0 aliphatic heterocycles. The van der Waals surface area contributed by atoms with Crippen LogP contribution in [0.4, 0.5) is 0 Å². The summed E-state index contributed by atoms with van der Waals surface area (Å²) in [4.78, 5) is 1.46. The van der Waals surface area contributed by atoms with Crippen LogP contribution in [0.3, 0.4) is 0 Å². The van der Waals surface area contributed by atoms with E-state index >= 15 is 0 Å². The van der Waals surface area contributed by atoms with E-state index in [-0.39, 0.29) is 0 Å². The second kappa shape index (κ2) is 5.14. The minimum atomic E-state index is 1.11. The molecular formula is C10H14S. The van der Waals surface area contributed by atoms with Gasteiger partial charge >= 0.3 is 0 Å². The Morgan fingerprint density at radius 2 is 2.36 bits per heavy atom. The van der Waals surface area contributed by atoms with E-state index in [1.165, 1.54) is 17.7 Å². The Labute approximate surface area is 72.6 Å². The van der Waals surface area contributed by atoms with Gasteiger partial charge in [0.2, 0.25) is 0 Å². The van der Waals surface area contributed by atoms with E-state index in [1.807, 2.05) is 11.3 Å². The van der Waals surface area contributed by atoms with Crippen molar-refractivity contribution in [3.8, 4) is 0 Å². The maximum atomic E-state index is 2.26. The molecular weight excluding hydrogens is 152 g/mol. The first-order chi connectivity index (χ1) is 5.43. The van der Waals surface area contributed by atoms with Crippen molar-refractivity contribution >= 4 is 11.3 Å². The van der Waals surface area contributed by atoms with E-state index in [4.69, 9.17) is 0 Å². The number of thiophene rings is 1. The van der Waals surface area contributed by atoms with Gasteiger partial charge in [0.15, 0.2) is 0 Å². The molecule has 0 amide bonds. The molecule has 0 aromatic carbocycles. The van der Waals surface area contributed by atoms with Crippen molar-refractivity contribution < 1.29 is 0 Å². The van der Waals surface area contributed by atoms with Crippen LogP contribution in [-0.2, 0) is 6.42 Å². The summed E-state index contributed by atoms with van der Waals surface area (Å²) < 4.78 is 0. The largest absolute Gasteiger partial charge is 0.149 e. The Kier molecular flexibility index (Phi) is 3.99. The fourth-order valence-corrected chi connectivity index (χ4v) is 1.59. The smallest absolute Gasteiger partial charge is 0.00828 e. The maximum absolute atomic E-state index is 2.26. The third kappa shape index (κ3) is 3.38. The van der Waals surface area contributed by atoms with Crippen molar-refractivity contribution in [3.63, 3.8) is 0 Å². The van der Waals surface area contributed by atoms with Crippen LogP contribution in [0.5, 0.6) is 0 Å². The van der Waals surface area contributed by atoms with Crippen LogP contribution in [0.25, 0.3) is 0 Å². The van der Waals surface area contributed by atoms with E-state index in [2.05, 4.69) is 36.6 Å². The molecule has 0 spiro atoms. The van der Waals surface area contributed by atoms with Gasteiger partial charge in [-0.2, -0.15) is 0 Å². The Hall–Kier alpha value is -0.560. The molecule has 1 aromatic rings. The van der Waals surface area contributed by atoms with E-state index < -0.39 is 0 Å². The molecule has 0 N–H and O–H groups in total. The Morgan fingerprint density at radius 3 is 3.00 bits per heavy atom. The second-order valence-corrected chi connectivity index (χ2v) is 3.58. The van der Waals surface area contributed by atoms with Crippen LogP contribution in [0.1, 0.15) is 24.6 Å². The van der Waals surface area contributed by atoms with Gasteiger partial charge in [-0.15, -0.1) is 11.3 Å². The van der Waals surface area contributed by atoms with E-state index in [1.54, 1.807) is 0 Å². The van der Waals surface area contributed by atoms with Crippen molar-refractivity contribution in [2.45, 2.75) is 26.2 Å². The van der Waals surface area contributed by atoms with Gasteiger partial charge in [-0.25, -0.2) is 0 Å². The van der Waals surface area contributed by atoms with Crippen LogP contribution in [0, 0.1) is 0 Å². The molecule has 0 saturated carbocycles. The summed E-state index contributed by atoms with van der Waals surface area (Å²) in [5, 5.41) is 2.13. The van der Waals surface area contributed by atoms with Gasteiger partial charge in [0.25, 0.3) is 0 Å². The maximum Gasteiger partial charge on any atom is 0.00828 e. The second-order valence-electron chi connectivity index (χ2n) is 2.54. The summed E-state index contributed by atoms with van der Waals surface area (Å²) >= 11 is 1.83. The molecule has 0 bridgehead atoms. The minimum absolute atomic E-state index is 1.11. The fourth-order valence-electron chi connectivity index (χ4n) is 0.913. The van der Waals surface area contributed by atoms with Gasteiger partial charge < -0.3 is 0 Å². The zero-order chi connectivity index (χ0) is 7.94.